The largest absolute Gasteiger partial charge is 0.378 e. The van der Waals surface area contributed by atoms with Crippen molar-refractivity contribution in [1.82, 2.24) is 4.98 Å². The standard InChI is InChI=1S/C12H17N3O3/c1-8-5-12(13-7-11(8)15(16)17)14-10-3-4-18-9(2)6-10/h5,7,9-10H,3-4,6H2,1-2H3,(H,13,14). The van der Waals surface area contributed by atoms with Crippen LogP contribution in [0.5, 0.6) is 0 Å². The van der Waals surface area contributed by atoms with Gasteiger partial charge in [-0.15, -0.1) is 0 Å². The van der Waals surface area contributed by atoms with Crippen LogP contribution >= 0.6 is 0 Å². The van der Waals surface area contributed by atoms with Crippen molar-refractivity contribution in [3.8, 4) is 0 Å². The minimum Gasteiger partial charge on any atom is -0.378 e. The van der Waals surface area contributed by atoms with Crippen LogP contribution < -0.4 is 5.32 Å². The summed E-state index contributed by atoms with van der Waals surface area (Å²) in [7, 11) is 0. The van der Waals surface area contributed by atoms with Crippen LogP contribution in [0, 0.1) is 17.0 Å². The van der Waals surface area contributed by atoms with Gasteiger partial charge in [0.25, 0.3) is 5.69 Å². The Morgan fingerprint density at radius 2 is 2.39 bits per heavy atom. The molecule has 18 heavy (non-hydrogen) atoms. The van der Waals surface area contributed by atoms with Gasteiger partial charge in [-0.25, -0.2) is 4.98 Å². The molecule has 1 aliphatic heterocycles. The normalized spacial score (nSPS) is 23.7. The van der Waals surface area contributed by atoms with E-state index in [2.05, 4.69) is 10.3 Å². The van der Waals surface area contributed by atoms with E-state index in [4.69, 9.17) is 4.74 Å². The maximum atomic E-state index is 10.7. The molecule has 0 radical (unpaired) electrons. The van der Waals surface area contributed by atoms with Crippen molar-refractivity contribution in [1.29, 1.82) is 0 Å². The minimum absolute atomic E-state index is 0.0564. The van der Waals surface area contributed by atoms with Crippen LogP contribution in [0.3, 0.4) is 0 Å². The van der Waals surface area contributed by atoms with Gasteiger partial charge in [-0.1, -0.05) is 0 Å². The summed E-state index contributed by atoms with van der Waals surface area (Å²) in [5.41, 5.74) is 0.679. The first-order chi connectivity index (χ1) is 8.56. The maximum Gasteiger partial charge on any atom is 0.290 e. The molecule has 0 spiro atoms. The molecule has 1 saturated heterocycles. The van der Waals surface area contributed by atoms with Gasteiger partial charge in [-0.3, -0.25) is 10.1 Å². The highest BCUT2D eigenvalue weighted by Gasteiger charge is 2.20. The van der Waals surface area contributed by atoms with Crippen molar-refractivity contribution < 1.29 is 9.66 Å². The smallest absolute Gasteiger partial charge is 0.290 e. The van der Waals surface area contributed by atoms with Crippen molar-refractivity contribution in [2.75, 3.05) is 11.9 Å². The first-order valence-electron chi connectivity index (χ1n) is 6.05. The molecule has 1 N–H and O–H groups in total. The van der Waals surface area contributed by atoms with Gasteiger partial charge in [0.1, 0.15) is 12.0 Å². The number of aromatic nitrogens is 1. The third-order valence-corrected chi connectivity index (χ3v) is 3.12. The second-order valence-corrected chi connectivity index (χ2v) is 4.66. The fraction of sp³-hybridized carbons (Fsp3) is 0.583. The lowest BCUT2D eigenvalue weighted by Crippen LogP contribution is -2.32. The van der Waals surface area contributed by atoms with Crippen LogP contribution in [-0.2, 0) is 4.74 Å². The third kappa shape index (κ3) is 2.95. The van der Waals surface area contributed by atoms with Crippen molar-refractivity contribution in [2.24, 2.45) is 0 Å². The summed E-state index contributed by atoms with van der Waals surface area (Å²) in [6.07, 6.45) is 3.41. The van der Waals surface area contributed by atoms with E-state index in [9.17, 15) is 10.1 Å². The first kappa shape index (κ1) is 12.8. The second kappa shape index (κ2) is 5.30. The molecular formula is C12H17N3O3. The maximum absolute atomic E-state index is 10.7. The summed E-state index contributed by atoms with van der Waals surface area (Å²) in [6.45, 7) is 4.50. The summed E-state index contributed by atoms with van der Waals surface area (Å²) < 4.78 is 5.47. The number of ether oxygens (including phenoxy) is 1. The Morgan fingerprint density at radius 3 is 3.00 bits per heavy atom. The van der Waals surface area contributed by atoms with Gasteiger partial charge < -0.3 is 10.1 Å². The molecule has 2 heterocycles. The van der Waals surface area contributed by atoms with Crippen LogP contribution in [0.2, 0.25) is 0 Å². The Bertz CT molecular complexity index is 450. The van der Waals surface area contributed by atoms with Crippen molar-refractivity contribution >= 4 is 11.5 Å². The van der Waals surface area contributed by atoms with Crippen molar-refractivity contribution in [3.05, 3.63) is 27.9 Å². The zero-order chi connectivity index (χ0) is 13.1. The van der Waals surface area contributed by atoms with E-state index < -0.39 is 4.92 Å². The molecule has 0 aromatic carbocycles. The number of aryl methyl sites for hydroxylation is 1. The highest BCUT2D eigenvalue weighted by Crippen LogP contribution is 2.22. The molecule has 0 saturated carbocycles. The van der Waals surface area contributed by atoms with Gasteiger partial charge in [-0.05, 0) is 32.8 Å². The number of nitrogens with zero attached hydrogens (tertiary/aromatic N) is 2. The molecule has 0 bridgehead atoms. The van der Waals surface area contributed by atoms with E-state index in [1.165, 1.54) is 6.20 Å². The Hall–Kier alpha value is -1.69. The topological polar surface area (TPSA) is 77.3 Å². The van der Waals surface area contributed by atoms with Crippen LogP contribution in [-0.4, -0.2) is 28.7 Å². The van der Waals surface area contributed by atoms with Crippen molar-refractivity contribution in [3.63, 3.8) is 0 Å². The van der Waals surface area contributed by atoms with E-state index in [-0.39, 0.29) is 11.8 Å². The average Bonchev–Trinajstić information content (AvgIpc) is 2.28. The van der Waals surface area contributed by atoms with Gasteiger partial charge >= 0.3 is 0 Å². The molecule has 6 heteroatoms. The molecule has 0 aliphatic carbocycles. The van der Waals surface area contributed by atoms with Gasteiger partial charge in [-0.2, -0.15) is 0 Å². The number of pyridine rings is 1. The summed E-state index contributed by atoms with van der Waals surface area (Å²) >= 11 is 0. The summed E-state index contributed by atoms with van der Waals surface area (Å²) in [5, 5.41) is 14.0. The fourth-order valence-electron chi connectivity index (χ4n) is 2.16. The molecule has 2 unspecified atom stereocenters. The monoisotopic (exact) mass is 251 g/mol. The summed E-state index contributed by atoms with van der Waals surface area (Å²) in [5.74, 6) is 0.692. The molecule has 98 valence electrons. The van der Waals surface area contributed by atoms with E-state index >= 15 is 0 Å². The van der Waals surface area contributed by atoms with Crippen LogP contribution in [0.1, 0.15) is 25.3 Å². The van der Waals surface area contributed by atoms with E-state index in [0.717, 1.165) is 19.4 Å². The number of rotatable bonds is 3. The number of hydrogen-bond acceptors (Lipinski definition) is 5. The lowest BCUT2D eigenvalue weighted by Gasteiger charge is -2.28. The third-order valence-electron chi connectivity index (χ3n) is 3.12. The Labute approximate surface area is 106 Å². The highest BCUT2D eigenvalue weighted by molar-refractivity contribution is 5.47. The molecule has 2 rings (SSSR count). The molecule has 1 aliphatic rings. The number of nitrogens with one attached hydrogen (secondary N) is 1. The number of nitro groups is 1. The van der Waals surface area contributed by atoms with Gasteiger partial charge in [0.05, 0.1) is 11.0 Å². The SMILES string of the molecule is Cc1cc(NC2CCOC(C)C2)ncc1[N+](=O)[O-]. The molecule has 6 nitrogen and oxygen atoms in total. The lowest BCUT2D eigenvalue weighted by atomic mass is 10.0. The van der Waals surface area contributed by atoms with Gasteiger partial charge in [0.15, 0.2) is 0 Å². The zero-order valence-corrected chi connectivity index (χ0v) is 10.5. The minimum atomic E-state index is -0.414. The molecular weight excluding hydrogens is 234 g/mol. The highest BCUT2D eigenvalue weighted by atomic mass is 16.6. The van der Waals surface area contributed by atoms with Gasteiger partial charge in [0, 0.05) is 18.2 Å². The quantitative estimate of drug-likeness (QED) is 0.658. The summed E-state index contributed by atoms with van der Waals surface area (Å²) in [6, 6.07) is 2.04. The fourth-order valence-corrected chi connectivity index (χ4v) is 2.16. The number of hydrogen-bond donors (Lipinski definition) is 1. The molecule has 1 aromatic heterocycles. The Balaban J connectivity index is 2.05. The molecule has 0 amide bonds. The van der Waals surface area contributed by atoms with Crippen LogP contribution in [0.4, 0.5) is 11.5 Å². The molecule has 1 aromatic rings. The molecule has 1 fully saturated rings. The first-order valence-corrected chi connectivity index (χ1v) is 6.05. The number of anilines is 1. The second-order valence-electron chi connectivity index (χ2n) is 4.66. The predicted octanol–water partition coefficient (Wildman–Crippen LogP) is 2.28. The Morgan fingerprint density at radius 1 is 1.61 bits per heavy atom. The summed E-state index contributed by atoms with van der Waals surface area (Å²) in [4.78, 5) is 14.4. The molecule has 2 atom stereocenters. The van der Waals surface area contributed by atoms with Crippen LogP contribution in [0.15, 0.2) is 12.3 Å². The van der Waals surface area contributed by atoms with E-state index in [1.807, 2.05) is 6.92 Å². The average molecular weight is 251 g/mol. The van der Waals surface area contributed by atoms with Crippen LogP contribution in [0.25, 0.3) is 0 Å². The van der Waals surface area contributed by atoms with Crippen molar-refractivity contribution in [2.45, 2.75) is 38.8 Å². The van der Waals surface area contributed by atoms with Gasteiger partial charge in [0.2, 0.25) is 0 Å². The predicted molar refractivity (Wildman–Crippen MR) is 67.7 cm³/mol. The Kier molecular flexibility index (Phi) is 3.76. The van der Waals surface area contributed by atoms with E-state index in [0.29, 0.717) is 17.4 Å². The van der Waals surface area contributed by atoms with E-state index in [1.54, 1.807) is 13.0 Å². The zero-order valence-electron chi connectivity index (χ0n) is 10.5. The lowest BCUT2D eigenvalue weighted by molar-refractivity contribution is -0.385.